The number of nitrogens with one attached hydrogen (secondary N) is 2. The maximum atomic E-state index is 12.8. The van der Waals surface area contributed by atoms with Crippen LogP contribution in [0.4, 0.5) is 0 Å². The fraction of sp³-hybridized carbons (Fsp3) is 0.652. The van der Waals surface area contributed by atoms with Crippen LogP contribution in [0, 0.1) is 10.8 Å². The van der Waals surface area contributed by atoms with Crippen molar-refractivity contribution >= 4 is 35.0 Å². The van der Waals surface area contributed by atoms with Crippen molar-refractivity contribution in [3.8, 4) is 5.75 Å². The number of carbonyl (C=O) groups excluding carboxylic acids is 2. The van der Waals surface area contributed by atoms with Crippen LogP contribution in [0.5, 0.6) is 5.75 Å². The third-order valence-corrected chi connectivity index (χ3v) is 7.87. The summed E-state index contributed by atoms with van der Waals surface area (Å²) in [7, 11) is 0. The zero-order valence-corrected chi connectivity index (χ0v) is 20.8. The van der Waals surface area contributed by atoms with E-state index in [-0.39, 0.29) is 24.9 Å². The summed E-state index contributed by atoms with van der Waals surface area (Å²) in [5.41, 5.74) is -1.39. The van der Waals surface area contributed by atoms with Crippen LogP contribution in [0.15, 0.2) is 23.5 Å². The van der Waals surface area contributed by atoms with Gasteiger partial charge in [-0.25, -0.2) is 0 Å². The van der Waals surface area contributed by atoms with Crippen molar-refractivity contribution in [1.29, 1.82) is 0 Å². The van der Waals surface area contributed by atoms with E-state index in [0.717, 1.165) is 6.42 Å². The first-order valence-electron chi connectivity index (χ1n) is 11.5. The minimum Gasteiger partial charge on any atom is -0.484 e. The lowest BCUT2D eigenvalue weighted by Crippen LogP contribution is -2.70. The summed E-state index contributed by atoms with van der Waals surface area (Å²) >= 11 is 11.9. The van der Waals surface area contributed by atoms with Gasteiger partial charge in [-0.15, -0.1) is 4.91 Å². The van der Waals surface area contributed by atoms with E-state index in [1.165, 1.54) is 6.07 Å². The van der Waals surface area contributed by atoms with Crippen LogP contribution in [0.25, 0.3) is 0 Å². The smallest absolute Gasteiger partial charge is 0.264 e. The van der Waals surface area contributed by atoms with Gasteiger partial charge in [-0.2, -0.15) is 0 Å². The molecule has 2 bridgehead atoms. The number of halogens is 2. The molecule has 3 aliphatic rings. The molecule has 0 spiro atoms. The Hall–Kier alpha value is -2.10. The molecule has 0 saturated heterocycles. The summed E-state index contributed by atoms with van der Waals surface area (Å²) < 4.78 is 5.50. The molecule has 3 N–H and O–H groups in total. The van der Waals surface area contributed by atoms with Gasteiger partial charge in [0.2, 0.25) is 6.10 Å². The van der Waals surface area contributed by atoms with Crippen molar-refractivity contribution in [3.63, 3.8) is 0 Å². The van der Waals surface area contributed by atoms with Crippen molar-refractivity contribution < 1.29 is 24.3 Å². The third-order valence-electron chi connectivity index (χ3n) is 7.14. The predicted octanol–water partition coefficient (Wildman–Crippen LogP) is 3.92. The van der Waals surface area contributed by atoms with E-state index in [1.807, 2.05) is 13.8 Å². The number of hydrogen-bond acceptors (Lipinski definition) is 7. The number of amides is 2. The van der Waals surface area contributed by atoms with Gasteiger partial charge >= 0.3 is 0 Å². The summed E-state index contributed by atoms with van der Waals surface area (Å²) in [5.74, 6) is -0.161. The third kappa shape index (κ3) is 6.12. The number of rotatable bonds is 11. The molecule has 0 heterocycles. The van der Waals surface area contributed by atoms with Gasteiger partial charge < -0.3 is 25.3 Å². The lowest BCUT2D eigenvalue weighted by molar-refractivity contribution is -0.143. The first-order valence-corrected chi connectivity index (χ1v) is 12.2. The highest BCUT2D eigenvalue weighted by atomic mass is 35.5. The second kappa shape index (κ2) is 11.1. The fourth-order valence-electron chi connectivity index (χ4n) is 4.81. The molecule has 34 heavy (non-hydrogen) atoms. The minimum atomic E-state index is -0.967. The van der Waals surface area contributed by atoms with Gasteiger partial charge in [0.15, 0.2) is 11.9 Å². The Kier molecular flexibility index (Phi) is 8.65. The molecule has 3 aliphatic carbocycles. The first-order chi connectivity index (χ1) is 16.1. The average molecular weight is 516 g/mol. The molecule has 2 amide bonds. The number of aliphatic hydroxyl groups excluding tert-OH is 1. The molecule has 3 fully saturated rings. The van der Waals surface area contributed by atoms with Crippen LogP contribution in [0.1, 0.15) is 58.8 Å². The largest absolute Gasteiger partial charge is 0.484 e. The van der Waals surface area contributed by atoms with Crippen molar-refractivity contribution in [2.24, 2.45) is 11.3 Å². The number of benzene rings is 1. The van der Waals surface area contributed by atoms with Crippen molar-refractivity contribution in [1.82, 2.24) is 10.6 Å². The van der Waals surface area contributed by atoms with Crippen molar-refractivity contribution in [2.45, 2.75) is 82.1 Å². The molecule has 9 nitrogen and oxygen atoms in total. The standard InChI is InChI=1S/C23H31Cl2N3O6/c1-3-14(2)10-18(34-28-32)21(31)27-22-6-8-23(9-7-22,19(29)12-22)26-20(30)13-33-15-4-5-16(24)17(25)11-15/h4-5,11,14,18-19,29H,3,6-10,12-13H2,1-2H3,(H,26,30)(H,27,31)/t14?,18?,19-,22?,23?/m0/s1. The van der Waals surface area contributed by atoms with Crippen LogP contribution < -0.4 is 15.4 Å². The Bertz CT molecular complexity index is 907. The van der Waals surface area contributed by atoms with E-state index in [2.05, 4.69) is 16.0 Å². The van der Waals surface area contributed by atoms with Crippen LogP contribution in [0.3, 0.4) is 0 Å². The topological polar surface area (TPSA) is 126 Å². The van der Waals surface area contributed by atoms with Gasteiger partial charge in [0, 0.05) is 11.6 Å². The molecule has 2 unspecified atom stereocenters. The number of hydrogen-bond donors (Lipinski definition) is 3. The summed E-state index contributed by atoms with van der Waals surface area (Å²) in [4.78, 5) is 40.9. The second-order valence-electron chi connectivity index (χ2n) is 9.48. The van der Waals surface area contributed by atoms with Gasteiger partial charge in [-0.1, -0.05) is 43.5 Å². The number of nitrogens with zero attached hydrogens (tertiary/aromatic N) is 1. The Balaban J connectivity index is 1.56. The molecular formula is C23H31Cl2N3O6. The second-order valence-corrected chi connectivity index (χ2v) is 10.3. The van der Waals surface area contributed by atoms with Gasteiger partial charge in [-0.3, -0.25) is 9.59 Å². The number of aliphatic hydroxyl groups is 1. The normalized spacial score (nSPS) is 27.4. The highest BCUT2D eigenvalue weighted by Gasteiger charge is 2.55. The van der Waals surface area contributed by atoms with Crippen LogP contribution in [-0.4, -0.2) is 46.8 Å². The molecule has 3 atom stereocenters. The minimum absolute atomic E-state index is 0.187. The summed E-state index contributed by atoms with van der Waals surface area (Å²) in [6.45, 7) is 3.73. The molecule has 11 heteroatoms. The van der Waals surface area contributed by atoms with Crippen LogP contribution in [0.2, 0.25) is 10.0 Å². The molecule has 0 aliphatic heterocycles. The van der Waals surface area contributed by atoms with Crippen LogP contribution in [-0.2, 0) is 14.4 Å². The van der Waals surface area contributed by atoms with E-state index in [9.17, 15) is 19.6 Å². The molecule has 0 aromatic heterocycles. The molecule has 4 rings (SSSR count). The maximum Gasteiger partial charge on any atom is 0.264 e. The molecule has 0 radical (unpaired) electrons. The van der Waals surface area contributed by atoms with Gasteiger partial charge in [0.1, 0.15) is 5.75 Å². The Morgan fingerprint density at radius 2 is 1.91 bits per heavy atom. The Morgan fingerprint density at radius 1 is 1.21 bits per heavy atom. The van der Waals surface area contributed by atoms with Crippen LogP contribution >= 0.6 is 23.2 Å². The molecule has 1 aromatic rings. The first kappa shape index (κ1) is 26.5. The number of fused-ring (bicyclic) bond motifs is 3. The SMILES string of the molecule is CCC(C)CC(ON=O)C(=O)NC12CCC(NC(=O)COc3ccc(Cl)c(Cl)c3)(CC1)[C@@H](O)C2. The van der Waals surface area contributed by atoms with Gasteiger partial charge in [0.25, 0.3) is 11.8 Å². The lowest BCUT2D eigenvalue weighted by Gasteiger charge is -2.56. The van der Waals surface area contributed by atoms with E-state index in [0.29, 0.717) is 47.9 Å². The molecular weight excluding hydrogens is 485 g/mol. The highest BCUT2D eigenvalue weighted by Crippen LogP contribution is 2.47. The summed E-state index contributed by atoms with van der Waals surface area (Å²) in [6.07, 6.45) is 1.84. The highest BCUT2D eigenvalue weighted by molar-refractivity contribution is 6.42. The predicted molar refractivity (Wildman–Crippen MR) is 128 cm³/mol. The average Bonchev–Trinajstić information content (AvgIpc) is 2.80. The summed E-state index contributed by atoms with van der Waals surface area (Å²) in [6, 6.07) is 4.73. The monoisotopic (exact) mass is 515 g/mol. The van der Waals surface area contributed by atoms with E-state index < -0.39 is 29.2 Å². The zero-order valence-electron chi connectivity index (χ0n) is 19.3. The van der Waals surface area contributed by atoms with Crippen molar-refractivity contribution in [3.05, 3.63) is 33.2 Å². The molecule has 1 aromatic carbocycles. The number of ether oxygens (including phenoxy) is 1. The van der Waals surface area contributed by atoms with E-state index in [4.69, 9.17) is 32.8 Å². The van der Waals surface area contributed by atoms with Gasteiger partial charge in [0.05, 0.1) is 21.7 Å². The Morgan fingerprint density at radius 3 is 2.50 bits per heavy atom. The lowest BCUT2D eigenvalue weighted by atomic mass is 9.59. The Labute approximate surface area is 208 Å². The van der Waals surface area contributed by atoms with Gasteiger partial charge in [-0.05, 0) is 56.6 Å². The molecule has 3 saturated carbocycles. The van der Waals surface area contributed by atoms with E-state index in [1.54, 1.807) is 12.1 Å². The quantitative estimate of drug-likeness (QED) is 0.302. The summed E-state index contributed by atoms with van der Waals surface area (Å²) in [5, 5.41) is 20.1. The van der Waals surface area contributed by atoms with E-state index >= 15 is 0 Å². The number of carbonyl (C=O) groups is 2. The molecule has 188 valence electrons. The zero-order chi connectivity index (χ0) is 24.9. The van der Waals surface area contributed by atoms with Crippen molar-refractivity contribution in [2.75, 3.05) is 6.61 Å². The maximum absolute atomic E-state index is 12.8. The fourth-order valence-corrected chi connectivity index (χ4v) is 5.10.